The molecule has 0 aliphatic rings. The Kier molecular flexibility index (Phi) is 4.84. The van der Waals surface area contributed by atoms with Crippen LogP contribution in [0.1, 0.15) is 55.7 Å². The Hall–Kier alpha value is -1.43. The number of hydrogen-bond acceptors (Lipinski definition) is 4. The lowest BCUT2D eigenvalue weighted by atomic mass is 10.1. The molecule has 18 heavy (non-hydrogen) atoms. The zero-order chi connectivity index (χ0) is 13.9. The summed E-state index contributed by atoms with van der Waals surface area (Å²) in [6.07, 6.45) is -1.42. The molecule has 0 radical (unpaired) electrons. The summed E-state index contributed by atoms with van der Waals surface area (Å²) in [4.78, 5) is 11.9. The highest BCUT2D eigenvalue weighted by Crippen LogP contribution is 2.25. The van der Waals surface area contributed by atoms with E-state index in [1.54, 1.807) is 0 Å². The average Bonchev–Trinajstić information content (AvgIpc) is 2.72. The summed E-state index contributed by atoms with van der Waals surface area (Å²) in [5, 5.41) is 15.3. The Morgan fingerprint density at radius 2 is 2.06 bits per heavy atom. The third-order valence-corrected chi connectivity index (χ3v) is 2.92. The molecule has 1 heterocycles. The second-order valence-corrected chi connectivity index (χ2v) is 4.65. The number of aliphatic hydroxyl groups excluding tert-OH is 1. The van der Waals surface area contributed by atoms with Crippen molar-refractivity contribution in [2.45, 2.75) is 46.5 Å². The maximum absolute atomic E-state index is 13.4. The summed E-state index contributed by atoms with van der Waals surface area (Å²) in [5.41, 5.74) is -0.0764. The predicted molar refractivity (Wildman–Crippen MR) is 63.7 cm³/mol. The largest absolute Gasteiger partial charge is 0.388 e. The molecule has 0 aliphatic heterocycles. The standard InChI is InChI=1S/C12H19FN2O3/c1-6(2)8(4)14-12(17)11-10(7(3)13)9(5-16)18-15-11/h6-8,16H,5H2,1-4H3,(H,14,17). The minimum atomic E-state index is -1.42. The fourth-order valence-electron chi connectivity index (χ4n) is 1.46. The van der Waals surface area contributed by atoms with E-state index in [1.807, 2.05) is 20.8 Å². The molecule has 5 nitrogen and oxygen atoms in total. The third-order valence-electron chi connectivity index (χ3n) is 2.92. The summed E-state index contributed by atoms with van der Waals surface area (Å²) in [6.45, 7) is 6.57. The maximum atomic E-state index is 13.4. The number of amides is 1. The predicted octanol–water partition coefficient (Wildman–Crippen LogP) is 1.97. The van der Waals surface area contributed by atoms with E-state index in [0.29, 0.717) is 0 Å². The molecule has 2 N–H and O–H groups in total. The molecule has 102 valence electrons. The molecule has 0 saturated carbocycles. The molecule has 1 rings (SSSR count). The minimum absolute atomic E-state index is 0.00708. The van der Waals surface area contributed by atoms with Gasteiger partial charge in [-0.2, -0.15) is 0 Å². The highest BCUT2D eigenvalue weighted by atomic mass is 19.1. The van der Waals surface area contributed by atoms with Crippen LogP contribution in [0.4, 0.5) is 4.39 Å². The molecule has 0 bridgehead atoms. The van der Waals surface area contributed by atoms with Gasteiger partial charge in [-0.1, -0.05) is 19.0 Å². The topological polar surface area (TPSA) is 75.4 Å². The van der Waals surface area contributed by atoms with E-state index in [-0.39, 0.29) is 29.0 Å². The van der Waals surface area contributed by atoms with Gasteiger partial charge in [0.1, 0.15) is 12.8 Å². The summed E-state index contributed by atoms with van der Waals surface area (Å²) in [6, 6.07) is -0.0606. The van der Waals surface area contributed by atoms with Gasteiger partial charge in [-0.3, -0.25) is 4.79 Å². The molecule has 2 atom stereocenters. The van der Waals surface area contributed by atoms with Gasteiger partial charge in [-0.25, -0.2) is 4.39 Å². The molecule has 0 spiro atoms. The van der Waals surface area contributed by atoms with Gasteiger partial charge < -0.3 is 14.9 Å². The van der Waals surface area contributed by atoms with Crippen molar-refractivity contribution in [3.8, 4) is 0 Å². The summed E-state index contributed by atoms with van der Waals surface area (Å²) < 4.78 is 18.2. The summed E-state index contributed by atoms with van der Waals surface area (Å²) in [5.74, 6) is -0.240. The summed E-state index contributed by atoms with van der Waals surface area (Å²) >= 11 is 0. The van der Waals surface area contributed by atoms with E-state index < -0.39 is 18.7 Å². The molecule has 1 aromatic heterocycles. The van der Waals surface area contributed by atoms with Crippen molar-refractivity contribution in [1.29, 1.82) is 0 Å². The Bertz CT molecular complexity index is 415. The number of nitrogens with zero attached hydrogens (tertiary/aromatic N) is 1. The van der Waals surface area contributed by atoms with Crippen molar-refractivity contribution in [2.24, 2.45) is 5.92 Å². The Balaban J connectivity index is 2.96. The zero-order valence-corrected chi connectivity index (χ0v) is 11.0. The lowest BCUT2D eigenvalue weighted by molar-refractivity contribution is 0.0918. The van der Waals surface area contributed by atoms with Crippen molar-refractivity contribution in [3.05, 3.63) is 17.0 Å². The molecule has 1 amide bonds. The number of carbonyl (C=O) groups is 1. The normalized spacial score (nSPS) is 14.6. The zero-order valence-electron chi connectivity index (χ0n) is 11.0. The van der Waals surface area contributed by atoms with Gasteiger partial charge in [0, 0.05) is 6.04 Å². The number of aliphatic hydroxyl groups is 1. The molecule has 0 aromatic carbocycles. The van der Waals surface area contributed by atoms with Gasteiger partial charge >= 0.3 is 0 Å². The van der Waals surface area contributed by atoms with Gasteiger partial charge in [0.25, 0.3) is 5.91 Å². The van der Waals surface area contributed by atoms with Gasteiger partial charge in [-0.05, 0) is 19.8 Å². The first kappa shape index (κ1) is 14.6. The number of aromatic nitrogens is 1. The minimum Gasteiger partial charge on any atom is -0.388 e. The third kappa shape index (κ3) is 3.07. The number of rotatable bonds is 5. The number of alkyl halides is 1. The average molecular weight is 258 g/mol. The summed E-state index contributed by atoms with van der Waals surface area (Å²) in [7, 11) is 0. The number of carbonyl (C=O) groups excluding carboxylic acids is 1. The van der Waals surface area contributed by atoms with Crippen molar-refractivity contribution >= 4 is 5.91 Å². The van der Waals surface area contributed by atoms with Gasteiger partial charge in [-0.15, -0.1) is 0 Å². The highest BCUT2D eigenvalue weighted by molar-refractivity contribution is 5.94. The van der Waals surface area contributed by atoms with E-state index >= 15 is 0 Å². The molecule has 2 unspecified atom stereocenters. The van der Waals surface area contributed by atoms with Crippen LogP contribution in [0, 0.1) is 5.92 Å². The molecule has 6 heteroatoms. The van der Waals surface area contributed by atoms with Crippen LogP contribution in [0.3, 0.4) is 0 Å². The van der Waals surface area contributed by atoms with Crippen LogP contribution in [0.5, 0.6) is 0 Å². The van der Waals surface area contributed by atoms with Crippen molar-refractivity contribution in [3.63, 3.8) is 0 Å². The van der Waals surface area contributed by atoms with Gasteiger partial charge in [0.05, 0.1) is 5.56 Å². The van der Waals surface area contributed by atoms with E-state index in [0.717, 1.165) is 0 Å². The first-order valence-electron chi connectivity index (χ1n) is 5.92. The van der Waals surface area contributed by atoms with Crippen molar-refractivity contribution < 1.29 is 18.8 Å². The van der Waals surface area contributed by atoms with E-state index in [4.69, 9.17) is 9.63 Å². The van der Waals surface area contributed by atoms with Gasteiger partial charge in [0.15, 0.2) is 11.5 Å². The number of halogens is 1. The van der Waals surface area contributed by atoms with Crippen LogP contribution in [0.2, 0.25) is 0 Å². The molecular formula is C12H19FN2O3. The lowest BCUT2D eigenvalue weighted by Crippen LogP contribution is -2.36. The molecule has 1 aromatic rings. The second-order valence-electron chi connectivity index (χ2n) is 4.65. The van der Waals surface area contributed by atoms with Crippen LogP contribution in [-0.4, -0.2) is 22.2 Å². The molecular weight excluding hydrogens is 239 g/mol. The second kappa shape index (κ2) is 5.95. The molecule has 0 fully saturated rings. The molecule has 0 saturated heterocycles. The fourth-order valence-corrected chi connectivity index (χ4v) is 1.46. The molecule has 0 aliphatic carbocycles. The Morgan fingerprint density at radius 1 is 1.44 bits per heavy atom. The number of nitrogens with one attached hydrogen (secondary N) is 1. The first-order valence-corrected chi connectivity index (χ1v) is 5.92. The fraction of sp³-hybridized carbons (Fsp3) is 0.667. The van der Waals surface area contributed by atoms with E-state index in [2.05, 4.69) is 10.5 Å². The van der Waals surface area contributed by atoms with Crippen LogP contribution < -0.4 is 5.32 Å². The highest BCUT2D eigenvalue weighted by Gasteiger charge is 2.26. The SMILES string of the molecule is CC(F)c1c(C(=O)NC(C)C(C)C)noc1CO. The number of hydrogen-bond donors (Lipinski definition) is 2. The van der Waals surface area contributed by atoms with Gasteiger partial charge in [0.2, 0.25) is 0 Å². The quantitative estimate of drug-likeness (QED) is 0.846. The monoisotopic (exact) mass is 258 g/mol. The van der Waals surface area contributed by atoms with Crippen molar-refractivity contribution in [2.75, 3.05) is 0 Å². The van der Waals surface area contributed by atoms with Crippen LogP contribution in [0.25, 0.3) is 0 Å². The Morgan fingerprint density at radius 3 is 2.50 bits per heavy atom. The maximum Gasteiger partial charge on any atom is 0.274 e. The van der Waals surface area contributed by atoms with Crippen LogP contribution in [-0.2, 0) is 6.61 Å². The first-order chi connectivity index (χ1) is 8.38. The smallest absolute Gasteiger partial charge is 0.274 e. The van der Waals surface area contributed by atoms with Crippen molar-refractivity contribution in [1.82, 2.24) is 10.5 Å². The van der Waals surface area contributed by atoms with E-state index in [1.165, 1.54) is 6.92 Å². The van der Waals surface area contributed by atoms with E-state index in [9.17, 15) is 9.18 Å². The van der Waals surface area contributed by atoms with Crippen LogP contribution in [0.15, 0.2) is 4.52 Å². The lowest BCUT2D eigenvalue weighted by Gasteiger charge is -2.16. The van der Waals surface area contributed by atoms with Crippen LogP contribution >= 0.6 is 0 Å². The Labute approximate surface area is 105 Å².